The normalized spacial score (nSPS) is 17.4. The fraction of sp³-hybridized carbons (Fsp3) is 0.312. The summed E-state index contributed by atoms with van der Waals surface area (Å²) in [5.41, 5.74) is 0.201. The molecule has 3 rings (SSSR count). The molecular formula is C16H12BrF3N4O. The second kappa shape index (κ2) is 6.88. The van der Waals surface area contributed by atoms with Crippen molar-refractivity contribution in [2.24, 2.45) is 0 Å². The van der Waals surface area contributed by atoms with Crippen molar-refractivity contribution in [1.82, 2.24) is 9.97 Å². The number of alkyl halides is 3. The van der Waals surface area contributed by atoms with Gasteiger partial charge in [0, 0.05) is 35.9 Å². The van der Waals surface area contributed by atoms with E-state index in [2.05, 4.69) is 32.0 Å². The first-order valence-corrected chi connectivity index (χ1v) is 8.16. The summed E-state index contributed by atoms with van der Waals surface area (Å²) >= 11 is 3.33. The Morgan fingerprint density at radius 3 is 2.72 bits per heavy atom. The lowest BCUT2D eigenvalue weighted by molar-refractivity contribution is -0.137. The first-order chi connectivity index (χ1) is 11.9. The number of hydrogen-bond donors (Lipinski definition) is 0. The van der Waals surface area contributed by atoms with Crippen LogP contribution in [0.5, 0.6) is 5.88 Å². The average Bonchev–Trinajstić information content (AvgIpc) is 3.03. The van der Waals surface area contributed by atoms with Gasteiger partial charge in [-0.1, -0.05) is 0 Å². The first kappa shape index (κ1) is 17.5. The molecule has 130 valence electrons. The number of hydrogen-bond acceptors (Lipinski definition) is 5. The van der Waals surface area contributed by atoms with E-state index in [0.29, 0.717) is 30.9 Å². The number of nitrogens with zero attached hydrogens (tertiary/aromatic N) is 4. The van der Waals surface area contributed by atoms with Crippen molar-refractivity contribution in [2.45, 2.75) is 18.7 Å². The second-order valence-corrected chi connectivity index (χ2v) is 6.41. The Kier molecular flexibility index (Phi) is 4.81. The van der Waals surface area contributed by atoms with Gasteiger partial charge in [-0.25, -0.2) is 9.97 Å². The minimum Gasteiger partial charge on any atom is -0.472 e. The Balaban J connectivity index is 1.68. The maximum atomic E-state index is 12.5. The first-order valence-electron chi connectivity index (χ1n) is 7.37. The van der Waals surface area contributed by atoms with E-state index in [1.54, 1.807) is 6.20 Å². The van der Waals surface area contributed by atoms with Crippen LogP contribution in [0.15, 0.2) is 35.1 Å². The molecule has 2 aromatic heterocycles. The molecule has 0 N–H and O–H groups in total. The molecule has 25 heavy (non-hydrogen) atoms. The SMILES string of the molecule is N#Cc1ncc(Br)cc1N1CC[C@H](Oc2ccc(C(F)(F)F)cn2)C1. The highest BCUT2D eigenvalue weighted by Gasteiger charge is 2.31. The van der Waals surface area contributed by atoms with E-state index in [0.717, 1.165) is 16.7 Å². The zero-order valence-electron chi connectivity index (χ0n) is 12.8. The van der Waals surface area contributed by atoms with Crippen LogP contribution in [0, 0.1) is 11.3 Å². The molecule has 1 fully saturated rings. The van der Waals surface area contributed by atoms with E-state index < -0.39 is 11.7 Å². The van der Waals surface area contributed by atoms with Crippen LogP contribution in [-0.2, 0) is 6.18 Å². The van der Waals surface area contributed by atoms with Gasteiger partial charge < -0.3 is 9.64 Å². The van der Waals surface area contributed by atoms with Gasteiger partial charge in [0.2, 0.25) is 5.88 Å². The molecule has 0 bridgehead atoms. The average molecular weight is 413 g/mol. The monoisotopic (exact) mass is 412 g/mol. The molecule has 9 heteroatoms. The number of halogens is 4. The predicted octanol–water partition coefficient (Wildman–Crippen LogP) is 3.79. The smallest absolute Gasteiger partial charge is 0.417 e. The summed E-state index contributed by atoms with van der Waals surface area (Å²) < 4.78 is 44.1. The third-order valence-electron chi connectivity index (χ3n) is 3.78. The fourth-order valence-electron chi connectivity index (χ4n) is 2.59. The Morgan fingerprint density at radius 1 is 1.28 bits per heavy atom. The lowest BCUT2D eigenvalue weighted by atomic mass is 10.3. The molecule has 0 saturated carbocycles. The molecule has 0 spiro atoms. The van der Waals surface area contributed by atoms with Crippen molar-refractivity contribution in [3.63, 3.8) is 0 Å². The van der Waals surface area contributed by atoms with E-state index in [9.17, 15) is 18.4 Å². The van der Waals surface area contributed by atoms with Crippen LogP contribution < -0.4 is 9.64 Å². The summed E-state index contributed by atoms with van der Waals surface area (Å²) in [6, 6.07) is 6.02. The highest BCUT2D eigenvalue weighted by molar-refractivity contribution is 9.10. The van der Waals surface area contributed by atoms with Crippen LogP contribution in [0.25, 0.3) is 0 Å². The topological polar surface area (TPSA) is 62.0 Å². The molecule has 3 heterocycles. The second-order valence-electron chi connectivity index (χ2n) is 5.49. The van der Waals surface area contributed by atoms with Crippen molar-refractivity contribution < 1.29 is 17.9 Å². The molecule has 1 aliphatic rings. The predicted molar refractivity (Wildman–Crippen MR) is 87.1 cm³/mol. The summed E-state index contributed by atoms with van der Waals surface area (Å²) in [7, 11) is 0. The number of aromatic nitrogens is 2. The summed E-state index contributed by atoms with van der Waals surface area (Å²) in [4.78, 5) is 9.76. The number of pyridine rings is 2. The molecule has 0 aromatic carbocycles. The van der Waals surface area contributed by atoms with Gasteiger partial charge in [-0.3, -0.25) is 0 Å². The standard InChI is InChI=1S/C16H12BrF3N4O/c17-11-5-14(13(6-21)22-8-11)24-4-3-12(9-24)25-15-2-1-10(7-23-15)16(18,19)20/h1-2,5,7-8,12H,3-4,9H2/t12-/m0/s1. The van der Waals surface area contributed by atoms with Crippen molar-refractivity contribution in [3.05, 3.63) is 46.3 Å². The molecule has 0 aliphatic carbocycles. The molecule has 2 aromatic rings. The lowest BCUT2D eigenvalue weighted by Gasteiger charge is -2.19. The van der Waals surface area contributed by atoms with Gasteiger partial charge in [0.25, 0.3) is 0 Å². The van der Waals surface area contributed by atoms with E-state index in [4.69, 9.17) is 4.74 Å². The van der Waals surface area contributed by atoms with Gasteiger partial charge >= 0.3 is 6.18 Å². The molecule has 0 unspecified atom stereocenters. The van der Waals surface area contributed by atoms with E-state index >= 15 is 0 Å². The quantitative estimate of drug-likeness (QED) is 0.767. The zero-order valence-corrected chi connectivity index (χ0v) is 14.4. The van der Waals surface area contributed by atoms with Crippen LogP contribution in [0.1, 0.15) is 17.7 Å². The Hall–Kier alpha value is -2.34. The molecule has 0 amide bonds. The number of nitriles is 1. The van der Waals surface area contributed by atoms with E-state index in [1.165, 1.54) is 6.07 Å². The minimum absolute atomic E-state index is 0.146. The summed E-state index contributed by atoms with van der Waals surface area (Å²) in [6.07, 6.45) is -1.67. The molecule has 0 radical (unpaired) electrons. The van der Waals surface area contributed by atoms with Crippen LogP contribution >= 0.6 is 15.9 Å². The lowest BCUT2D eigenvalue weighted by Crippen LogP contribution is -2.25. The molecular weight excluding hydrogens is 401 g/mol. The third-order valence-corrected chi connectivity index (χ3v) is 4.21. The van der Waals surface area contributed by atoms with E-state index in [1.807, 2.05) is 11.0 Å². The van der Waals surface area contributed by atoms with Gasteiger partial charge in [-0.2, -0.15) is 18.4 Å². The Morgan fingerprint density at radius 2 is 2.08 bits per heavy atom. The van der Waals surface area contributed by atoms with Gasteiger partial charge in [0.05, 0.1) is 17.8 Å². The zero-order chi connectivity index (χ0) is 18.0. The van der Waals surface area contributed by atoms with Crippen LogP contribution in [0.4, 0.5) is 18.9 Å². The minimum atomic E-state index is -4.42. The summed E-state index contributed by atoms with van der Waals surface area (Å²) in [5, 5.41) is 9.17. The van der Waals surface area contributed by atoms with Crippen molar-refractivity contribution in [1.29, 1.82) is 5.26 Å². The van der Waals surface area contributed by atoms with Crippen LogP contribution in [0.3, 0.4) is 0 Å². The van der Waals surface area contributed by atoms with Crippen molar-refractivity contribution in [3.8, 4) is 11.9 Å². The summed E-state index contributed by atoms with van der Waals surface area (Å²) in [6.45, 7) is 1.15. The fourth-order valence-corrected chi connectivity index (χ4v) is 2.91. The molecule has 1 atom stereocenters. The van der Waals surface area contributed by atoms with Crippen LogP contribution in [0.2, 0.25) is 0 Å². The Bertz CT molecular complexity index is 805. The van der Waals surface area contributed by atoms with Crippen LogP contribution in [-0.4, -0.2) is 29.2 Å². The van der Waals surface area contributed by atoms with Crippen molar-refractivity contribution in [2.75, 3.05) is 18.0 Å². The maximum Gasteiger partial charge on any atom is 0.417 e. The van der Waals surface area contributed by atoms with Gasteiger partial charge in [0.15, 0.2) is 5.69 Å². The largest absolute Gasteiger partial charge is 0.472 e. The van der Waals surface area contributed by atoms with Gasteiger partial charge in [-0.15, -0.1) is 0 Å². The van der Waals surface area contributed by atoms with Crippen molar-refractivity contribution >= 4 is 21.6 Å². The maximum absolute atomic E-state index is 12.5. The Labute approximate surface area is 150 Å². The van der Waals surface area contributed by atoms with E-state index in [-0.39, 0.29) is 12.0 Å². The molecule has 1 saturated heterocycles. The molecule has 1 aliphatic heterocycles. The number of ether oxygens (including phenoxy) is 1. The molecule has 5 nitrogen and oxygen atoms in total. The highest BCUT2D eigenvalue weighted by atomic mass is 79.9. The number of anilines is 1. The van der Waals surface area contributed by atoms with Gasteiger partial charge in [-0.05, 0) is 28.1 Å². The number of rotatable bonds is 3. The third kappa shape index (κ3) is 4.02. The highest BCUT2D eigenvalue weighted by Crippen LogP contribution is 2.30. The summed E-state index contributed by atoms with van der Waals surface area (Å²) in [5.74, 6) is 0.146. The van der Waals surface area contributed by atoms with Gasteiger partial charge in [0.1, 0.15) is 12.2 Å².